The molecule has 0 radical (unpaired) electrons. The van der Waals surface area contributed by atoms with Crippen LogP contribution in [0, 0.1) is 0 Å². The summed E-state index contributed by atoms with van der Waals surface area (Å²) in [7, 11) is 0. The lowest BCUT2D eigenvalue weighted by atomic mass is 10.1. The fraction of sp³-hybridized carbons (Fsp3) is 0.0476. The lowest BCUT2D eigenvalue weighted by Gasteiger charge is -2.12. The highest BCUT2D eigenvalue weighted by Crippen LogP contribution is 2.36. The van der Waals surface area contributed by atoms with Gasteiger partial charge in [-0.05, 0) is 60.4 Å². The van der Waals surface area contributed by atoms with Gasteiger partial charge in [0.2, 0.25) is 5.91 Å². The maximum absolute atomic E-state index is 11.4. The highest BCUT2D eigenvalue weighted by atomic mass is 32.2. The number of thiophene rings is 1. The van der Waals surface area contributed by atoms with Gasteiger partial charge < -0.3 is 15.4 Å². The van der Waals surface area contributed by atoms with E-state index >= 15 is 0 Å². The van der Waals surface area contributed by atoms with Gasteiger partial charge in [0.25, 0.3) is 0 Å². The van der Waals surface area contributed by atoms with Crippen LogP contribution in [-0.4, -0.2) is 27.8 Å². The number of primary amides is 1. The summed E-state index contributed by atoms with van der Waals surface area (Å²) in [5.74, 6) is -1.43. The molecule has 0 unspecified atom stereocenters. The minimum Gasteiger partial charge on any atom is -0.477 e. The van der Waals surface area contributed by atoms with Gasteiger partial charge >= 0.3 is 5.97 Å². The molecule has 4 rings (SSSR count). The number of nitrogens with zero attached hydrogens (tertiary/aromatic N) is 1. The zero-order valence-corrected chi connectivity index (χ0v) is 16.5. The molecule has 0 saturated heterocycles. The summed E-state index contributed by atoms with van der Waals surface area (Å²) in [5.41, 5.74) is 9.40. The molecular formula is C21H16N2O3S2. The first-order valence-electron chi connectivity index (χ1n) is 8.41. The average Bonchev–Trinajstić information content (AvgIpc) is 3.26. The first-order valence-corrected chi connectivity index (χ1v) is 10.5. The van der Waals surface area contributed by atoms with Crippen molar-refractivity contribution < 1.29 is 14.7 Å². The standard InChI is InChI=1S/C21H16N2O3S2/c1-27-15-8-4-12(5-9-15)16-10-18-17(11-19(28-18)21(25)26)23(16)14-6-2-13(3-7-14)20(22)24/h2-11H,1H3,(H2,22,24)(H,25,26). The average molecular weight is 409 g/mol. The van der Waals surface area contributed by atoms with Crippen LogP contribution in [0.4, 0.5) is 0 Å². The van der Waals surface area contributed by atoms with E-state index in [1.54, 1.807) is 30.0 Å². The smallest absolute Gasteiger partial charge is 0.345 e. The van der Waals surface area contributed by atoms with Crippen LogP contribution in [0.1, 0.15) is 20.0 Å². The van der Waals surface area contributed by atoms with Crippen LogP contribution in [0.2, 0.25) is 0 Å². The van der Waals surface area contributed by atoms with Crippen molar-refractivity contribution >= 4 is 45.2 Å². The second kappa shape index (κ2) is 7.18. The lowest BCUT2D eigenvalue weighted by Crippen LogP contribution is -2.10. The number of fused-ring (bicyclic) bond motifs is 1. The van der Waals surface area contributed by atoms with Crippen LogP contribution < -0.4 is 5.73 Å². The number of hydrogen-bond donors (Lipinski definition) is 2. The van der Waals surface area contributed by atoms with E-state index in [2.05, 4.69) is 24.3 Å². The second-order valence-corrected chi connectivity index (χ2v) is 8.13. The zero-order valence-electron chi connectivity index (χ0n) is 14.9. The monoisotopic (exact) mass is 408 g/mol. The molecule has 0 aliphatic heterocycles. The van der Waals surface area contributed by atoms with Crippen LogP contribution >= 0.6 is 23.1 Å². The fourth-order valence-corrected chi connectivity index (χ4v) is 4.45. The topological polar surface area (TPSA) is 85.3 Å². The Balaban J connectivity index is 1.93. The molecule has 0 bridgehead atoms. The predicted octanol–water partition coefficient (Wildman–Crippen LogP) is 4.88. The summed E-state index contributed by atoms with van der Waals surface area (Å²) in [6.45, 7) is 0. The fourth-order valence-electron chi connectivity index (χ4n) is 3.12. The molecule has 0 fully saturated rings. The normalized spacial score (nSPS) is 11.0. The third kappa shape index (κ3) is 3.19. The molecule has 2 aromatic heterocycles. The van der Waals surface area contributed by atoms with E-state index in [9.17, 15) is 14.7 Å². The van der Waals surface area contributed by atoms with Crippen molar-refractivity contribution in [3.8, 4) is 16.9 Å². The molecule has 0 saturated carbocycles. The summed E-state index contributed by atoms with van der Waals surface area (Å²) in [6, 6.07) is 18.9. The number of carboxylic acids is 1. The van der Waals surface area contributed by atoms with Gasteiger partial charge in [-0.25, -0.2) is 4.79 Å². The summed E-state index contributed by atoms with van der Waals surface area (Å²) in [5, 5.41) is 9.35. The molecule has 28 heavy (non-hydrogen) atoms. The number of carboxylic acid groups (broad SMARTS) is 1. The summed E-state index contributed by atoms with van der Waals surface area (Å²) < 4.78 is 2.90. The van der Waals surface area contributed by atoms with Crippen molar-refractivity contribution in [3.63, 3.8) is 0 Å². The second-order valence-electron chi connectivity index (χ2n) is 6.17. The van der Waals surface area contributed by atoms with E-state index in [0.29, 0.717) is 5.56 Å². The number of rotatable bonds is 5. The molecular weight excluding hydrogens is 392 g/mol. The maximum atomic E-state index is 11.4. The van der Waals surface area contributed by atoms with Gasteiger partial charge in [-0.1, -0.05) is 12.1 Å². The maximum Gasteiger partial charge on any atom is 0.345 e. The van der Waals surface area contributed by atoms with Gasteiger partial charge in [-0.3, -0.25) is 4.79 Å². The molecule has 2 aromatic carbocycles. The number of thioether (sulfide) groups is 1. The Bertz CT molecular complexity index is 1190. The Labute approximate surface area is 169 Å². The van der Waals surface area contributed by atoms with E-state index in [4.69, 9.17) is 5.73 Å². The first kappa shape index (κ1) is 18.3. The van der Waals surface area contributed by atoms with Crippen molar-refractivity contribution in [3.05, 3.63) is 71.1 Å². The van der Waals surface area contributed by atoms with E-state index in [1.165, 1.54) is 16.2 Å². The van der Waals surface area contributed by atoms with E-state index in [1.807, 2.05) is 29.0 Å². The minimum atomic E-state index is -0.942. The third-order valence-electron chi connectivity index (χ3n) is 4.50. The van der Waals surface area contributed by atoms with Gasteiger partial charge in [0.1, 0.15) is 4.88 Å². The SMILES string of the molecule is CSc1ccc(-c2cc3sc(C(=O)O)cc3n2-c2ccc(C(N)=O)cc2)cc1. The number of benzene rings is 2. The van der Waals surface area contributed by atoms with Crippen LogP contribution in [0.25, 0.3) is 27.2 Å². The van der Waals surface area contributed by atoms with E-state index < -0.39 is 11.9 Å². The Morgan fingerprint density at radius 1 is 1.04 bits per heavy atom. The van der Waals surface area contributed by atoms with E-state index in [0.717, 1.165) is 27.2 Å². The van der Waals surface area contributed by atoms with Gasteiger partial charge in [0.15, 0.2) is 0 Å². The van der Waals surface area contributed by atoms with Crippen LogP contribution in [0.15, 0.2) is 65.6 Å². The molecule has 4 aromatic rings. The number of aromatic carboxylic acids is 1. The van der Waals surface area contributed by atoms with Gasteiger partial charge in [-0.2, -0.15) is 0 Å². The Hall–Kier alpha value is -3.03. The molecule has 0 aliphatic rings. The number of aromatic nitrogens is 1. The summed E-state index contributed by atoms with van der Waals surface area (Å²) in [6.07, 6.45) is 2.03. The molecule has 1 amide bonds. The van der Waals surface area contributed by atoms with Crippen molar-refractivity contribution in [2.24, 2.45) is 5.73 Å². The number of nitrogens with two attached hydrogens (primary N) is 1. The minimum absolute atomic E-state index is 0.289. The quantitative estimate of drug-likeness (QED) is 0.461. The highest BCUT2D eigenvalue weighted by Gasteiger charge is 2.18. The summed E-state index contributed by atoms with van der Waals surface area (Å²) >= 11 is 2.92. The van der Waals surface area contributed by atoms with Gasteiger partial charge in [0, 0.05) is 16.1 Å². The van der Waals surface area contributed by atoms with Crippen LogP contribution in [-0.2, 0) is 0 Å². The number of carbonyl (C=O) groups is 2. The van der Waals surface area contributed by atoms with Gasteiger partial charge in [-0.15, -0.1) is 23.1 Å². The molecule has 140 valence electrons. The van der Waals surface area contributed by atoms with Gasteiger partial charge in [0.05, 0.1) is 15.9 Å². The predicted molar refractivity (Wildman–Crippen MR) is 114 cm³/mol. The zero-order chi connectivity index (χ0) is 19.8. The molecule has 0 atom stereocenters. The Morgan fingerprint density at radius 2 is 1.71 bits per heavy atom. The van der Waals surface area contributed by atoms with Crippen molar-refractivity contribution in [2.75, 3.05) is 6.26 Å². The first-order chi connectivity index (χ1) is 13.5. The summed E-state index contributed by atoms with van der Waals surface area (Å²) in [4.78, 5) is 24.3. The molecule has 0 spiro atoms. The highest BCUT2D eigenvalue weighted by molar-refractivity contribution is 7.98. The van der Waals surface area contributed by atoms with Crippen LogP contribution in [0.5, 0.6) is 0 Å². The molecule has 2 heterocycles. The lowest BCUT2D eigenvalue weighted by molar-refractivity contribution is 0.0702. The molecule has 0 aliphatic carbocycles. The third-order valence-corrected chi connectivity index (χ3v) is 6.30. The molecule has 3 N–H and O–H groups in total. The van der Waals surface area contributed by atoms with Crippen molar-refractivity contribution in [1.29, 1.82) is 0 Å². The number of carbonyl (C=O) groups excluding carboxylic acids is 1. The largest absolute Gasteiger partial charge is 0.477 e. The molecule has 5 nitrogen and oxygen atoms in total. The van der Waals surface area contributed by atoms with E-state index in [-0.39, 0.29) is 4.88 Å². The number of amides is 1. The Morgan fingerprint density at radius 3 is 2.29 bits per heavy atom. The Kier molecular flexibility index (Phi) is 4.70. The molecule has 7 heteroatoms. The van der Waals surface area contributed by atoms with Crippen molar-refractivity contribution in [1.82, 2.24) is 4.57 Å². The van der Waals surface area contributed by atoms with Crippen molar-refractivity contribution in [2.45, 2.75) is 4.90 Å². The van der Waals surface area contributed by atoms with Crippen LogP contribution in [0.3, 0.4) is 0 Å². The number of hydrogen-bond acceptors (Lipinski definition) is 4.